The monoisotopic (exact) mass is 258 g/mol. The van der Waals surface area contributed by atoms with Crippen molar-refractivity contribution in [1.82, 2.24) is 15.0 Å². The fraction of sp³-hybridized carbons (Fsp3) is 0.357. The van der Waals surface area contributed by atoms with Crippen LogP contribution >= 0.6 is 0 Å². The summed E-state index contributed by atoms with van der Waals surface area (Å²) in [4.78, 5) is 12.1. The number of nitrogen functional groups attached to an aromatic ring is 1. The van der Waals surface area contributed by atoms with Crippen molar-refractivity contribution in [1.29, 1.82) is 0 Å². The van der Waals surface area contributed by atoms with Gasteiger partial charge in [0.25, 0.3) is 0 Å². The molecule has 2 N–H and O–H groups in total. The molecule has 5 heteroatoms. The van der Waals surface area contributed by atoms with E-state index < -0.39 is 0 Å². The molecule has 0 spiro atoms. The van der Waals surface area contributed by atoms with E-state index in [2.05, 4.69) is 10.3 Å². The molecule has 19 heavy (non-hydrogen) atoms. The van der Waals surface area contributed by atoms with E-state index in [0.29, 0.717) is 18.5 Å². The minimum absolute atomic E-state index is 0.0703. The smallest absolute Gasteiger partial charge is 0.182 e. The Morgan fingerprint density at radius 3 is 3.00 bits per heavy atom. The number of Topliss-reactive ketones (excluding diaryl/α,β-unsaturated/α-hetero) is 1. The summed E-state index contributed by atoms with van der Waals surface area (Å²) < 4.78 is 1.67. The van der Waals surface area contributed by atoms with Gasteiger partial charge in [-0.25, -0.2) is 4.68 Å². The Balaban J connectivity index is 1.99. The molecule has 1 heterocycles. The molecule has 0 aliphatic carbocycles. The van der Waals surface area contributed by atoms with E-state index >= 15 is 0 Å². The zero-order valence-electron chi connectivity index (χ0n) is 11.0. The molecule has 0 saturated carbocycles. The summed E-state index contributed by atoms with van der Waals surface area (Å²) in [5, 5.41) is 7.72. The third-order valence-corrected chi connectivity index (χ3v) is 2.93. The highest BCUT2D eigenvalue weighted by Crippen LogP contribution is 2.11. The van der Waals surface area contributed by atoms with Gasteiger partial charge in [0.2, 0.25) is 0 Å². The van der Waals surface area contributed by atoms with E-state index in [1.807, 2.05) is 31.2 Å². The Kier molecular flexibility index (Phi) is 4.28. The molecule has 0 atom stereocenters. The van der Waals surface area contributed by atoms with Gasteiger partial charge in [-0.2, -0.15) is 0 Å². The van der Waals surface area contributed by atoms with Gasteiger partial charge in [0.1, 0.15) is 5.69 Å². The van der Waals surface area contributed by atoms with E-state index in [1.54, 1.807) is 4.68 Å². The summed E-state index contributed by atoms with van der Waals surface area (Å²) in [6, 6.07) is 7.61. The standard InChI is InChI=1S/C14H18N4O/c1-2-8-18-13(10-16-17-18)14(19)7-6-11-4-3-5-12(15)9-11/h3-5,9-10H,2,6-8,15H2,1H3. The van der Waals surface area contributed by atoms with Crippen molar-refractivity contribution in [3.63, 3.8) is 0 Å². The van der Waals surface area contributed by atoms with Crippen LogP contribution in [0.4, 0.5) is 5.69 Å². The number of hydrogen-bond donors (Lipinski definition) is 1. The average molecular weight is 258 g/mol. The fourth-order valence-electron chi connectivity index (χ4n) is 1.99. The molecule has 0 amide bonds. The Morgan fingerprint density at radius 1 is 1.42 bits per heavy atom. The number of carbonyl (C=O) groups excluding carboxylic acids is 1. The number of aromatic nitrogens is 3. The molecule has 5 nitrogen and oxygen atoms in total. The van der Waals surface area contributed by atoms with Crippen molar-refractivity contribution in [3.05, 3.63) is 41.7 Å². The van der Waals surface area contributed by atoms with Crippen molar-refractivity contribution >= 4 is 11.5 Å². The maximum absolute atomic E-state index is 12.1. The number of ketones is 1. The van der Waals surface area contributed by atoms with Crippen molar-refractivity contribution in [2.75, 3.05) is 5.73 Å². The molecule has 0 bridgehead atoms. The van der Waals surface area contributed by atoms with Crippen LogP contribution in [-0.4, -0.2) is 20.8 Å². The zero-order valence-corrected chi connectivity index (χ0v) is 11.0. The SMILES string of the molecule is CCCn1nncc1C(=O)CCc1cccc(N)c1. The minimum atomic E-state index is 0.0703. The second-order valence-corrected chi connectivity index (χ2v) is 4.51. The van der Waals surface area contributed by atoms with Crippen LogP contribution in [0.15, 0.2) is 30.5 Å². The Morgan fingerprint density at radius 2 is 2.26 bits per heavy atom. The first-order valence-corrected chi connectivity index (χ1v) is 6.47. The van der Waals surface area contributed by atoms with Crippen LogP contribution < -0.4 is 5.73 Å². The summed E-state index contributed by atoms with van der Waals surface area (Å²) >= 11 is 0. The van der Waals surface area contributed by atoms with Gasteiger partial charge in [0, 0.05) is 18.7 Å². The molecule has 0 radical (unpaired) electrons. The van der Waals surface area contributed by atoms with Gasteiger partial charge >= 0.3 is 0 Å². The van der Waals surface area contributed by atoms with Gasteiger partial charge in [0.15, 0.2) is 5.78 Å². The number of nitrogens with two attached hydrogens (primary N) is 1. The molecule has 100 valence electrons. The predicted octanol–water partition coefficient (Wildman–Crippen LogP) is 2.09. The van der Waals surface area contributed by atoms with Gasteiger partial charge in [-0.05, 0) is 30.5 Å². The van der Waals surface area contributed by atoms with Gasteiger partial charge in [-0.3, -0.25) is 4.79 Å². The van der Waals surface area contributed by atoms with Gasteiger partial charge < -0.3 is 5.73 Å². The van der Waals surface area contributed by atoms with E-state index in [0.717, 1.165) is 24.2 Å². The fourth-order valence-corrected chi connectivity index (χ4v) is 1.99. The van der Waals surface area contributed by atoms with Crippen molar-refractivity contribution < 1.29 is 4.79 Å². The number of hydrogen-bond acceptors (Lipinski definition) is 4. The quantitative estimate of drug-likeness (QED) is 0.636. The lowest BCUT2D eigenvalue weighted by Gasteiger charge is -2.04. The number of nitrogens with zero attached hydrogens (tertiary/aromatic N) is 3. The lowest BCUT2D eigenvalue weighted by atomic mass is 10.1. The van der Waals surface area contributed by atoms with Crippen LogP contribution in [0.25, 0.3) is 0 Å². The normalized spacial score (nSPS) is 10.6. The number of rotatable bonds is 6. The molecule has 0 aliphatic heterocycles. The predicted molar refractivity (Wildman–Crippen MR) is 73.8 cm³/mol. The molecule has 1 aromatic heterocycles. The van der Waals surface area contributed by atoms with Crippen molar-refractivity contribution in [2.24, 2.45) is 0 Å². The Hall–Kier alpha value is -2.17. The highest BCUT2D eigenvalue weighted by molar-refractivity contribution is 5.94. The maximum Gasteiger partial charge on any atom is 0.182 e. The van der Waals surface area contributed by atoms with Crippen LogP contribution in [0.3, 0.4) is 0 Å². The summed E-state index contributed by atoms with van der Waals surface area (Å²) in [5.41, 5.74) is 8.10. The van der Waals surface area contributed by atoms with Crippen molar-refractivity contribution in [2.45, 2.75) is 32.7 Å². The molecule has 2 rings (SSSR count). The molecule has 2 aromatic rings. The lowest BCUT2D eigenvalue weighted by Crippen LogP contribution is -2.11. The highest BCUT2D eigenvalue weighted by Gasteiger charge is 2.12. The zero-order chi connectivity index (χ0) is 13.7. The van der Waals surface area contributed by atoms with Crippen molar-refractivity contribution in [3.8, 4) is 0 Å². The third kappa shape index (κ3) is 3.40. The third-order valence-electron chi connectivity index (χ3n) is 2.93. The molecule has 0 unspecified atom stereocenters. The molecular formula is C14H18N4O. The van der Waals surface area contributed by atoms with Crippen LogP contribution in [0.1, 0.15) is 35.8 Å². The van der Waals surface area contributed by atoms with Gasteiger partial charge in [-0.15, -0.1) is 5.10 Å². The van der Waals surface area contributed by atoms with Gasteiger partial charge in [0.05, 0.1) is 6.20 Å². The number of benzene rings is 1. The molecule has 0 saturated heterocycles. The average Bonchev–Trinajstić information content (AvgIpc) is 2.85. The molecule has 0 fully saturated rings. The summed E-state index contributed by atoms with van der Waals surface area (Å²) in [6.07, 6.45) is 3.60. The van der Waals surface area contributed by atoms with Crippen LogP contribution in [0.2, 0.25) is 0 Å². The lowest BCUT2D eigenvalue weighted by molar-refractivity contribution is 0.0972. The number of anilines is 1. The molecule has 0 aliphatic rings. The minimum Gasteiger partial charge on any atom is -0.399 e. The number of aryl methyl sites for hydroxylation is 2. The second-order valence-electron chi connectivity index (χ2n) is 4.51. The Bertz CT molecular complexity index is 562. The summed E-state index contributed by atoms with van der Waals surface area (Å²) in [7, 11) is 0. The first-order valence-electron chi connectivity index (χ1n) is 6.47. The number of carbonyl (C=O) groups is 1. The van der Waals surface area contributed by atoms with Gasteiger partial charge in [-0.1, -0.05) is 24.3 Å². The maximum atomic E-state index is 12.1. The van der Waals surface area contributed by atoms with E-state index in [1.165, 1.54) is 6.20 Å². The summed E-state index contributed by atoms with van der Waals surface area (Å²) in [5.74, 6) is 0.0703. The second kappa shape index (κ2) is 6.13. The van der Waals surface area contributed by atoms with Crippen LogP contribution in [0.5, 0.6) is 0 Å². The molecular weight excluding hydrogens is 240 g/mol. The molecule has 1 aromatic carbocycles. The van der Waals surface area contributed by atoms with Crippen LogP contribution in [0, 0.1) is 0 Å². The van der Waals surface area contributed by atoms with E-state index in [-0.39, 0.29) is 5.78 Å². The van der Waals surface area contributed by atoms with Crippen LogP contribution in [-0.2, 0) is 13.0 Å². The largest absolute Gasteiger partial charge is 0.399 e. The first kappa shape index (κ1) is 13.3. The topological polar surface area (TPSA) is 73.8 Å². The summed E-state index contributed by atoms with van der Waals surface area (Å²) in [6.45, 7) is 2.77. The van der Waals surface area contributed by atoms with E-state index in [4.69, 9.17) is 5.73 Å². The highest BCUT2D eigenvalue weighted by atomic mass is 16.1. The van der Waals surface area contributed by atoms with E-state index in [9.17, 15) is 4.79 Å². The first-order chi connectivity index (χ1) is 9.20. The Labute approximate surface area is 112 Å².